The normalized spacial score (nSPS) is 10.2. The largest absolute Gasteiger partial charge is 0.484 e. The van der Waals surface area contributed by atoms with Crippen LogP contribution < -0.4 is 10.1 Å². The van der Waals surface area contributed by atoms with Gasteiger partial charge in [-0.1, -0.05) is 55.1 Å². The van der Waals surface area contributed by atoms with Crippen molar-refractivity contribution in [2.45, 2.75) is 30.0 Å². The summed E-state index contributed by atoms with van der Waals surface area (Å²) in [4.78, 5) is 28.8. The quantitative estimate of drug-likeness (QED) is 0.284. The van der Waals surface area contributed by atoms with Crippen molar-refractivity contribution < 1.29 is 14.3 Å². The molecule has 2 aromatic carbocycles. The molecule has 2 heterocycles. The molecule has 0 aliphatic heterocycles. The van der Waals surface area contributed by atoms with Crippen LogP contribution in [0.2, 0.25) is 0 Å². The van der Waals surface area contributed by atoms with Crippen molar-refractivity contribution in [3.05, 3.63) is 66.4 Å². The van der Waals surface area contributed by atoms with E-state index in [2.05, 4.69) is 20.5 Å². The number of hydrogen-bond acceptors (Lipinski definition) is 8. The van der Waals surface area contributed by atoms with Crippen LogP contribution in [0, 0.1) is 0 Å². The van der Waals surface area contributed by atoms with Crippen molar-refractivity contribution in [3.8, 4) is 5.75 Å². The summed E-state index contributed by atoms with van der Waals surface area (Å²) in [7, 11) is 0. The predicted octanol–water partition coefficient (Wildman–Crippen LogP) is 5.48. The Morgan fingerprint density at radius 1 is 1.03 bits per heavy atom. The molecule has 0 saturated carbocycles. The summed E-state index contributed by atoms with van der Waals surface area (Å²) in [5.74, 6) is 0.143. The monoisotopic (exact) mass is 466 g/mol. The topological polar surface area (TPSA) is 94.1 Å². The molecule has 0 bridgehead atoms. The van der Waals surface area contributed by atoms with Crippen molar-refractivity contribution in [1.82, 2.24) is 15.2 Å². The standard InChI is InChI=1S/C21H16N4O3S2.C2H6/c1-13(26)14-6-8-15(9-7-14)28-12-19(27)23-20-24-25-21(30-20)29-18-10-11-22-17-5-3-2-4-16(17)18;1-2/h2-11H,12H2,1H3,(H,23,24,27);1-2H3. The van der Waals surface area contributed by atoms with Crippen LogP contribution in [0.25, 0.3) is 10.9 Å². The minimum Gasteiger partial charge on any atom is -0.484 e. The molecule has 2 aromatic heterocycles. The Morgan fingerprint density at radius 2 is 1.78 bits per heavy atom. The predicted molar refractivity (Wildman–Crippen MR) is 128 cm³/mol. The summed E-state index contributed by atoms with van der Waals surface area (Å²) in [6.45, 7) is 5.32. The third-order valence-corrected chi connectivity index (χ3v) is 6.06. The molecule has 32 heavy (non-hydrogen) atoms. The van der Waals surface area contributed by atoms with Crippen LogP contribution in [-0.4, -0.2) is 33.5 Å². The number of aromatic nitrogens is 3. The highest BCUT2D eigenvalue weighted by Gasteiger charge is 2.12. The number of nitrogens with one attached hydrogen (secondary N) is 1. The van der Waals surface area contributed by atoms with Gasteiger partial charge in [0.05, 0.1) is 5.52 Å². The van der Waals surface area contributed by atoms with E-state index >= 15 is 0 Å². The molecular weight excluding hydrogens is 444 g/mol. The Bertz CT molecular complexity index is 1200. The molecule has 164 valence electrons. The molecule has 4 aromatic rings. The van der Waals surface area contributed by atoms with E-state index in [1.807, 2.05) is 44.2 Å². The molecule has 0 spiro atoms. The Hall–Kier alpha value is -3.30. The number of benzene rings is 2. The molecule has 0 radical (unpaired) electrons. The second-order valence-electron chi connectivity index (χ2n) is 6.22. The number of anilines is 1. The average Bonchev–Trinajstić information content (AvgIpc) is 3.26. The van der Waals surface area contributed by atoms with Crippen LogP contribution in [0.5, 0.6) is 5.75 Å². The van der Waals surface area contributed by atoms with Crippen molar-refractivity contribution in [3.63, 3.8) is 0 Å². The van der Waals surface area contributed by atoms with Gasteiger partial charge >= 0.3 is 0 Å². The molecular formula is C23H22N4O3S2. The van der Waals surface area contributed by atoms with Gasteiger partial charge in [0.1, 0.15) is 5.75 Å². The molecule has 0 fully saturated rings. The van der Waals surface area contributed by atoms with Gasteiger partial charge in [-0.05, 0) is 43.3 Å². The Balaban J connectivity index is 0.00000141. The lowest BCUT2D eigenvalue weighted by atomic mass is 10.1. The summed E-state index contributed by atoms with van der Waals surface area (Å²) >= 11 is 2.76. The van der Waals surface area contributed by atoms with Gasteiger partial charge in [-0.2, -0.15) is 0 Å². The van der Waals surface area contributed by atoms with Crippen LogP contribution in [-0.2, 0) is 4.79 Å². The smallest absolute Gasteiger partial charge is 0.264 e. The van der Waals surface area contributed by atoms with E-state index < -0.39 is 0 Å². The van der Waals surface area contributed by atoms with E-state index in [0.717, 1.165) is 15.8 Å². The first kappa shape index (κ1) is 23.4. The van der Waals surface area contributed by atoms with E-state index in [1.54, 1.807) is 30.5 Å². The number of pyridine rings is 1. The molecule has 0 saturated heterocycles. The van der Waals surface area contributed by atoms with Crippen molar-refractivity contribution in [1.29, 1.82) is 0 Å². The number of amides is 1. The maximum atomic E-state index is 12.1. The zero-order valence-corrected chi connectivity index (χ0v) is 19.5. The van der Waals surface area contributed by atoms with Crippen LogP contribution in [0.4, 0.5) is 5.13 Å². The van der Waals surface area contributed by atoms with E-state index in [0.29, 0.717) is 20.8 Å². The molecule has 9 heteroatoms. The second-order valence-corrected chi connectivity index (χ2v) is 8.49. The number of Topliss-reactive ketones (excluding diaryl/α,β-unsaturated/α-hetero) is 1. The molecule has 0 atom stereocenters. The summed E-state index contributed by atoms with van der Waals surface area (Å²) in [5.41, 5.74) is 1.50. The van der Waals surface area contributed by atoms with Gasteiger partial charge in [-0.3, -0.25) is 19.9 Å². The minimum absolute atomic E-state index is 0.0241. The number of carbonyl (C=O) groups excluding carboxylic acids is 2. The number of fused-ring (bicyclic) bond motifs is 1. The average molecular weight is 467 g/mol. The summed E-state index contributed by atoms with van der Waals surface area (Å²) in [5, 5.41) is 12.3. The van der Waals surface area contributed by atoms with E-state index in [-0.39, 0.29) is 18.3 Å². The Morgan fingerprint density at radius 3 is 2.53 bits per heavy atom. The van der Waals surface area contributed by atoms with Crippen LogP contribution in [0.15, 0.2) is 70.0 Å². The number of ether oxygens (including phenoxy) is 1. The molecule has 7 nitrogen and oxygen atoms in total. The Labute approximate surface area is 194 Å². The van der Waals surface area contributed by atoms with Gasteiger partial charge in [0.25, 0.3) is 5.91 Å². The number of para-hydroxylation sites is 1. The third-order valence-electron chi connectivity index (χ3n) is 4.09. The highest BCUT2D eigenvalue weighted by molar-refractivity contribution is 8.01. The first-order chi connectivity index (χ1) is 15.6. The maximum absolute atomic E-state index is 12.1. The van der Waals surface area contributed by atoms with E-state index in [4.69, 9.17) is 4.74 Å². The molecule has 4 rings (SSSR count). The van der Waals surface area contributed by atoms with Gasteiger partial charge in [0.2, 0.25) is 5.13 Å². The summed E-state index contributed by atoms with van der Waals surface area (Å²) in [6.07, 6.45) is 1.76. The SMILES string of the molecule is CC.CC(=O)c1ccc(OCC(=O)Nc2nnc(Sc3ccnc4ccccc34)s2)cc1. The van der Waals surface area contributed by atoms with Crippen LogP contribution in [0.1, 0.15) is 31.1 Å². The first-order valence-corrected chi connectivity index (χ1v) is 11.6. The van der Waals surface area contributed by atoms with Crippen molar-refractivity contribution >= 4 is 50.8 Å². The molecule has 1 N–H and O–H groups in total. The fraction of sp³-hybridized carbons (Fsp3) is 0.174. The molecule has 0 aliphatic carbocycles. The first-order valence-electron chi connectivity index (χ1n) is 9.97. The summed E-state index contributed by atoms with van der Waals surface area (Å²) < 4.78 is 6.16. The van der Waals surface area contributed by atoms with Crippen molar-refractivity contribution in [2.75, 3.05) is 11.9 Å². The maximum Gasteiger partial charge on any atom is 0.264 e. The number of carbonyl (C=O) groups is 2. The van der Waals surface area contributed by atoms with Crippen molar-refractivity contribution in [2.24, 2.45) is 0 Å². The highest BCUT2D eigenvalue weighted by atomic mass is 32.2. The highest BCUT2D eigenvalue weighted by Crippen LogP contribution is 2.35. The molecule has 0 aliphatic rings. The van der Waals surface area contributed by atoms with Gasteiger partial charge in [0, 0.05) is 22.0 Å². The van der Waals surface area contributed by atoms with E-state index in [9.17, 15) is 9.59 Å². The van der Waals surface area contributed by atoms with Crippen LogP contribution >= 0.6 is 23.1 Å². The lowest BCUT2D eigenvalue weighted by Gasteiger charge is -2.06. The fourth-order valence-electron chi connectivity index (χ4n) is 2.64. The van der Waals surface area contributed by atoms with Gasteiger partial charge in [-0.15, -0.1) is 10.2 Å². The second kappa shape index (κ2) is 11.4. The zero-order valence-electron chi connectivity index (χ0n) is 17.9. The number of ketones is 1. The lowest BCUT2D eigenvalue weighted by molar-refractivity contribution is -0.118. The van der Waals surface area contributed by atoms with Gasteiger partial charge < -0.3 is 4.74 Å². The van der Waals surface area contributed by atoms with Gasteiger partial charge in [0.15, 0.2) is 16.7 Å². The molecule has 0 unspecified atom stereocenters. The zero-order chi connectivity index (χ0) is 22.9. The third kappa shape index (κ3) is 6.12. The fourth-order valence-corrected chi connectivity index (χ4v) is 4.49. The minimum atomic E-state index is -0.340. The number of hydrogen-bond donors (Lipinski definition) is 1. The lowest BCUT2D eigenvalue weighted by Crippen LogP contribution is -2.20. The van der Waals surface area contributed by atoms with E-state index in [1.165, 1.54) is 30.0 Å². The Kier molecular flexibility index (Phi) is 8.29. The molecule has 1 amide bonds. The number of rotatable bonds is 7. The summed E-state index contributed by atoms with van der Waals surface area (Å²) in [6, 6.07) is 16.4. The van der Waals surface area contributed by atoms with Gasteiger partial charge in [-0.25, -0.2) is 0 Å². The number of nitrogens with zero attached hydrogens (tertiary/aromatic N) is 3. The van der Waals surface area contributed by atoms with Crippen LogP contribution in [0.3, 0.4) is 0 Å².